The van der Waals surface area contributed by atoms with E-state index in [1.165, 1.54) is 11.1 Å². The summed E-state index contributed by atoms with van der Waals surface area (Å²) in [5.41, 5.74) is 3.64. The highest BCUT2D eigenvalue weighted by molar-refractivity contribution is 5.96. The number of hydrogen-bond donors (Lipinski definition) is 1. The van der Waals surface area contributed by atoms with Crippen molar-refractivity contribution >= 4 is 11.6 Å². The summed E-state index contributed by atoms with van der Waals surface area (Å²) in [4.78, 5) is 6.83. The first-order valence-corrected chi connectivity index (χ1v) is 10.8. The highest BCUT2D eigenvalue weighted by Gasteiger charge is 2.25. The molecule has 3 aliphatic rings. The molecule has 3 aliphatic heterocycles. The number of benzene rings is 1. The molecule has 0 bridgehead atoms. The van der Waals surface area contributed by atoms with Crippen LogP contribution in [-0.4, -0.2) is 67.3 Å². The third-order valence-corrected chi connectivity index (χ3v) is 5.94. The fourth-order valence-corrected chi connectivity index (χ4v) is 3.82. The van der Waals surface area contributed by atoms with E-state index >= 15 is 0 Å². The van der Waals surface area contributed by atoms with E-state index in [4.69, 9.17) is 14.2 Å². The molecule has 1 aromatic carbocycles. The summed E-state index contributed by atoms with van der Waals surface area (Å²) in [5.74, 6) is 6.86. The summed E-state index contributed by atoms with van der Waals surface area (Å²) in [6.07, 6.45) is 4.19. The van der Waals surface area contributed by atoms with E-state index < -0.39 is 5.60 Å². The summed E-state index contributed by atoms with van der Waals surface area (Å²) in [7, 11) is 0. The quantitative estimate of drug-likeness (QED) is 0.773. The molecule has 1 unspecified atom stereocenters. The SMILES string of the molecule is CCC(O)(C#Cc1ccc2c(c1)CCN1CN=C(OCC3COCCO3)C=C21)CC. The second kappa shape index (κ2) is 9.22. The lowest BCUT2D eigenvalue weighted by Crippen LogP contribution is -2.35. The number of aliphatic imine (C=N–C) groups is 1. The van der Waals surface area contributed by atoms with Crippen LogP contribution >= 0.6 is 0 Å². The van der Waals surface area contributed by atoms with Crippen molar-refractivity contribution < 1.29 is 19.3 Å². The van der Waals surface area contributed by atoms with Gasteiger partial charge in [0, 0.05) is 23.7 Å². The molecule has 30 heavy (non-hydrogen) atoms. The van der Waals surface area contributed by atoms with Crippen LogP contribution in [0.2, 0.25) is 0 Å². The molecule has 160 valence electrons. The van der Waals surface area contributed by atoms with Gasteiger partial charge in [0.05, 0.1) is 25.5 Å². The van der Waals surface area contributed by atoms with Crippen LogP contribution in [-0.2, 0) is 20.6 Å². The van der Waals surface area contributed by atoms with Gasteiger partial charge in [-0.3, -0.25) is 0 Å². The van der Waals surface area contributed by atoms with E-state index in [0.29, 0.717) is 51.8 Å². The van der Waals surface area contributed by atoms with Crippen LogP contribution in [0.1, 0.15) is 43.4 Å². The molecule has 0 amide bonds. The van der Waals surface area contributed by atoms with Crippen molar-refractivity contribution in [2.45, 2.75) is 44.8 Å². The van der Waals surface area contributed by atoms with Crippen LogP contribution in [0.15, 0.2) is 29.3 Å². The van der Waals surface area contributed by atoms with Crippen molar-refractivity contribution in [1.29, 1.82) is 0 Å². The fourth-order valence-electron chi connectivity index (χ4n) is 3.82. The van der Waals surface area contributed by atoms with Crippen LogP contribution in [0.25, 0.3) is 5.70 Å². The maximum atomic E-state index is 10.4. The Bertz CT molecular complexity index is 886. The predicted octanol–water partition coefficient (Wildman–Crippen LogP) is 2.59. The maximum absolute atomic E-state index is 10.4. The molecule has 0 spiro atoms. The Morgan fingerprint density at radius 3 is 2.93 bits per heavy atom. The monoisotopic (exact) mass is 410 g/mol. The maximum Gasteiger partial charge on any atom is 0.212 e. The molecule has 6 heteroatoms. The average molecular weight is 411 g/mol. The van der Waals surface area contributed by atoms with E-state index in [2.05, 4.69) is 33.9 Å². The number of hydrogen-bond acceptors (Lipinski definition) is 6. The molecule has 1 N–H and O–H groups in total. The second-order valence-corrected chi connectivity index (χ2v) is 7.92. The molecular formula is C24H30N2O4. The highest BCUT2D eigenvalue weighted by atomic mass is 16.6. The first kappa shape index (κ1) is 20.9. The van der Waals surface area contributed by atoms with Crippen molar-refractivity contribution in [1.82, 2.24) is 4.90 Å². The second-order valence-electron chi connectivity index (χ2n) is 7.92. The zero-order valence-corrected chi connectivity index (χ0v) is 17.8. The van der Waals surface area contributed by atoms with Crippen molar-refractivity contribution in [3.63, 3.8) is 0 Å². The third-order valence-electron chi connectivity index (χ3n) is 5.94. The molecule has 1 fully saturated rings. The van der Waals surface area contributed by atoms with Gasteiger partial charge in [-0.25, -0.2) is 4.99 Å². The van der Waals surface area contributed by atoms with Crippen molar-refractivity contribution in [2.24, 2.45) is 4.99 Å². The lowest BCUT2D eigenvalue weighted by molar-refractivity contribution is -0.103. The van der Waals surface area contributed by atoms with E-state index in [1.54, 1.807) is 0 Å². The molecule has 1 aromatic rings. The van der Waals surface area contributed by atoms with Gasteiger partial charge >= 0.3 is 0 Å². The summed E-state index contributed by atoms with van der Waals surface area (Å²) in [6, 6.07) is 6.29. The van der Waals surface area contributed by atoms with Crippen molar-refractivity contribution in [3.05, 3.63) is 41.0 Å². The van der Waals surface area contributed by atoms with Crippen LogP contribution in [0, 0.1) is 11.8 Å². The Labute approximate surface area is 178 Å². The topological polar surface area (TPSA) is 63.5 Å². The Hall–Kier alpha value is -2.33. The third kappa shape index (κ3) is 4.70. The molecule has 4 rings (SSSR count). The minimum absolute atomic E-state index is 0.0393. The number of aliphatic hydroxyl groups is 1. The molecule has 0 radical (unpaired) electrons. The molecule has 1 saturated heterocycles. The van der Waals surface area contributed by atoms with Crippen molar-refractivity contribution in [3.8, 4) is 11.8 Å². The predicted molar refractivity (Wildman–Crippen MR) is 116 cm³/mol. The van der Waals surface area contributed by atoms with Gasteiger partial charge in [0.1, 0.15) is 25.0 Å². The van der Waals surface area contributed by atoms with E-state index in [1.807, 2.05) is 26.0 Å². The van der Waals surface area contributed by atoms with Gasteiger partial charge in [0.25, 0.3) is 0 Å². The van der Waals surface area contributed by atoms with Crippen LogP contribution in [0.5, 0.6) is 0 Å². The summed E-state index contributed by atoms with van der Waals surface area (Å²) in [6.45, 7) is 7.71. The molecule has 6 nitrogen and oxygen atoms in total. The first-order valence-electron chi connectivity index (χ1n) is 10.8. The Morgan fingerprint density at radius 2 is 2.17 bits per heavy atom. The van der Waals surface area contributed by atoms with Gasteiger partial charge in [-0.2, -0.15) is 0 Å². The summed E-state index contributed by atoms with van der Waals surface area (Å²) in [5, 5.41) is 10.4. The summed E-state index contributed by atoms with van der Waals surface area (Å²) < 4.78 is 17.0. The Morgan fingerprint density at radius 1 is 1.30 bits per heavy atom. The lowest BCUT2D eigenvalue weighted by atomic mass is 9.93. The Kier molecular flexibility index (Phi) is 6.43. The molecule has 1 atom stereocenters. The van der Waals surface area contributed by atoms with Crippen molar-refractivity contribution in [2.75, 3.05) is 39.6 Å². The van der Waals surface area contributed by atoms with Gasteiger partial charge in [-0.05, 0) is 37.0 Å². The van der Waals surface area contributed by atoms with E-state index in [0.717, 1.165) is 24.2 Å². The minimum Gasteiger partial charge on any atom is -0.475 e. The van der Waals surface area contributed by atoms with Gasteiger partial charge in [0.15, 0.2) is 0 Å². The molecule has 0 aliphatic carbocycles. The first-order chi connectivity index (χ1) is 14.6. The summed E-state index contributed by atoms with van der Waals surface area (Å²) >= 11 is 0. The lowest BCUT2D eigenvalue weighted by Gasteiger charge is -2.34. The number of ether oxygens (including phenoxy) is 3. The van der Waals surface area contributed by atoms with Gasteiger partial charge in [-0.15, -0.1) is 0 Å². The zero-order valence-electron chi connectivity index (χ0n) is 17.8. The standard InChI is InChI=1S/C24H30N2O4/c1-3-24(27,4-2)9-7-18-5-6-21-19(13-18)8-10-26-17-25-23(14-22(21)26)30-16-20-15-28-11-12-29-20/h5-6,13-14,20,27H,3-4,8,10-12,15-17H2,1-2H3. The molecule has 0 saturated carbocycles. The smallest absolute Gasteiger partial charge is 0.212 e. The number of fused-ring (bicyclic) bond motifs is 3. The molecule has 3 heterocycles. The van der Waals surface area contributed by atoms with E-state index in [9.17, 15) is 5.11 Å². The average Bonchev–Trinajstić information content (AvgIpc) is 2.81. The van der Waals surface area contributed by atoms with Crippen LogP contribution < -0.4 is 0 Å². The van der Waals surface area contributed by atoms with Gasteiger partial charge in [0.2, 0.25) is 5.90 Å². The number of rotatable bonds is 4. The molecule has 0 aromatic heterocycles. The fraction of sp³-hybridized carbons (Fsp3) is 0.542. The van der Waals surface area contributed by atoms with Gasteiger partial charge in [-0.1, -0.05) is 31.8 Å². The number of nitrogens with zero attached hydrogens (tertiary/aromatic N) is 2. The highest BCUT2D eigenvalue weighted by Crippen LogP contribution is 2.31. The molecular weight excluding hydrogens is 380 g/mol. The Balaban J connectivity index is 1.49. The van der Waals surface area contributed by atoms with Crippen LogP contribution in [0.4, 0.5) is 0 Å². The minimum atomic E-state index is -0.908. The van der Waals surface area contributed by atoms with Crippen LogP contribution in [0.3, 0.4) is 0 Å². The largest absolute Gasteiger partial charge is 0.475 e. The van der Waals surface area contributed by atoms with Gasteiger partial charge < -0.3 is 24.2 Å². The zero-order chi connectivity index (χ0) is 21.0. The van der Waals surface area contributed by atoms with E-state index in [-0.39, 0.29) is 6.10 Å². The normalized spacial score (nSPS) is 20.9.